The van der Waals surface area contributed by atoms with Crippen LogP contribution >= 0.6 is 11.6 Å². The molecule has 0 saturated carbocycles. The minimum atomic E-state index is -1.57. The lowest BCUT2D eigenvalue weighted by Gasteiger charge is -2.32. The Bertz CT molecular complexity index is 2680. The van der Waals surface area contributed by atoms with E-state index in [-0.39, 0.29) is 36.7 Å². The van der Waals surface area contributed by atoms with Gasteiger partial charge in [-0.2, -0.15) is 0 Å². The molecule has 3 heterocycles. The van der Waals surface area contributed by atoms with Crippen molar-refractivity contribution in [2.75, 3.05) is 26.2 Å². The van der Waals surface area contributed by atoms with E-state index >= 15 is 0 Å². The second kappa shape index (κ2) is 19.2. The minimum Gasteiger partial charge on any atom is -0.484 e. The second-order valence-corrected chi connectivity index (χ2v) is 16.2. The number of carbonyl (C=O) groups excluding carboxylic acids is 3. The first-order chi connectivity index (χ1) is 30.5. The Morgan fingerprint density at radius 3 is 2.33 bits per heavy atom. The number of halogens is 1. The van der Waals surface area contributed by atoms with Crippen LogP contribution in [-0.4, -0.2) is 86.5 Å². The number of aliphatic imine (C=N–C) groups is 1. The van der Waals surface area contributed by atoms with Crippen LogP contribution in [-0.2, 0) is 16.1 Å². The Kier molecular flexibility index (Phi) is 13.1. The van der Waals surface area contributed by atoms with Gasteiger partial charge >= 0.3 is 7.12 Å². The molecule has 320 valence electrons. The number of hydrogen-bond donors (Lipinski definition) is 4. The average molecular weight is 864 g/mol. The Balaban J connectivity index is 0.894. The van der Waals surface area contributed by atoms with E-state index < -0.39 is 13.2 Å². The number of benzene rings is 5. The summed E-state index contributed by atoms with van der Waals surface area (Å²) in [7, 11) is -1.57. The van der Waals surface area contributed by atoms with Gasteiger partial charge in [0.15, 0.2) is 12.4 Å². The van der Waals surface area contributed by atoms with E-state index in [1.165, 1.54) is 5.56 Å². The molecule has 1 atom stereocenters. The summed E-state index contributed by atoms with van der Waals surface area (Å²) < 4.78 is 7.98. The van der Waals surface area contributed by atoms with E-state index in [9.17, 15) is 24.4 Å². The maximum Gasteiger partial charge on any atom is 0.488 e. The maximum atomic E-state index is 13.6. The Morgan fingerprint density at radius 1 is 0.825 bits per heavy atom. The molecule has 63 heavy (non-hydrogen) atoms. The fraction of sp³-hybridized carbons (Fsp3) is 0.250. The Morgan fingerprint density at radius 2 is 1.57 bits per heavy atom. The third kappa shape index (κ3) is 9.89. The molecule has 1 saturated heterocycles. The molecular weight excluding hydrogens is 817 g/mol. The number of rotatable bonds is 13. The molecule has 4 N–H and O–H groups in total. The highest BCUT2D eigenvalue weighted by Gasteiger charge is 2.30. The van der Waals surface area contributed by atoms with Gasteiger partial charge in [0.2, 0.25) is 5.91 Å². The van der Waals surface area contributed by atoms with E-state index in [0.29, 0.717) is 65.3 Å². The monoisotopic (exact) mass is 863 g/mol. The molecule has 0 unspecified atom stereocenters. The van der Waals surface area contributed by atoms with E-state index in [4.69, 9.17) is 21.3 Å². The summed E-state index contributed by atoms with van der Waals surface area (Å²) in [5.41, 5.74) is 7.65. The van der Waals surface area contributed by atoms with Crippen molar-refractivity contribution in [3.8, 4) is 22.6 Å². The van der Waals surface area contributed by atoms with Gasteiger partial charge in [-0.1, -0.05) is 84.4 Å². The van der Waals surface area contributed by atoms with Crippen molar-refractivity contribution in [3.63, 3.8) is 0 Å². The molecule has 2 aliphatic rings. The Hall–Kier alpha value is -6.61. The smallest absolute Gasteiger partial charge is 0.484 e. The summed E-state index contributed by atoms with van der Waals surface area (Å²) in [5.74, 6) is 1.45. The van der Waals surface area contributed by atoms with Gasteiger partial charge in [0.25, 0.3) is 11.8 Å². The molecule has 3 amide bonds. The summed E-state index contributed by atoms with van der Waals surface area (Å²) in [4.78, 5) is 46.6. The third-order valence-electron chi connectivity index (χ3n) is 11.5. The fourth-order valence-electron chi connectivity index (χ4n) is 8.25. The van der Waals surface area contributed by atoms with Gasteiger partial charge in [-0.3, -0.25) is 23.9 Å². The lowest BCUT2D eigenvalue weighted by molar-refractivity contribution is -0.123. The molecule has 2 aliphatic heterocycles. The number of nitrogens with zero attached hydrogens (tertiary/aromatic N) is 5. The van der Waals surface area contributed by atoms with Crippen LogP contribution in [0, 0.1) is 6.92 Å². The van der Waals surface area contributed by atoms with Gasteiger partial charge in [0.05, 0.1) is 17.8 Å². The number of hydrogen-bond acceptors (Lipinski definition) is 9. The zero-order valence-corrected chi connectivity index (χ0v) is 35.8. The van der Waals surface area contributed by atoms with E-state index in [1.54, 1.807) is 36.4 Å². The molecule has 0 spiro atoms. The second-order valence-electron chi connectivity index (χ2n) is 15.7. The Labute approximate surface area is 371 Å². The van der Waals surface area contributed by atoms with Crippen molar-refractivity contribution in [2.24, 2.45) is 4.99 Å². The number of aromatic nitrogens is 3. The molecule has 13 nitrogen and oxygen atoms in total. The van der Waals surface area contributed by atoms with Gasteiger partial charge in [-0.25, -0.2) is 0 Å². The molecule has 1 aromatic heterocycles. The number of piperidine rings is 1. The van der Waals surface area contributed by atoms with Gasteiger partial charge < -0.3 is 30.3 Å². The van der Waals surface area contributed by atoms with Gasteiger partial charge in [-0.15, -0.1) is 10.2 Å². The molecule has 0 radical (unpaired) electrons. The van der Waals surface area contributed by atoms with Crippen LogP contribution in [0.1, 0.15) is 82.4 Å². The lowest BCUT2D eigenvalue weighted by atomic mass is 9.79. The summed E-state index contributed by atoms with van der Waals surface area (Å²) in [6.45, 7) is 5.56. The predicted molar refractivity (Wildman–Crippen MR) is 243 cm³/mol. The standard InChI is InChI=1S/C48H47BClN7O6/c1-3-51-44(58)27-42-47-55-54-30(2)57(47)43-18-17-40(26-41(43)46(53-42)33-13-15-39(50)16-14-33)63-29-45(59)52-28-31-7-4-8-34(23-31)32-19-21-56(22-20-32)48(60)37-11-5-9-35(24-37)36-10-6-12-38(25-36)49(61)62/h4-18,23-26,32,42,61-62H,3,19-22,27-29H2,1-2H3,(H,51,58)(H,52,59)/t42-/m0/s1. The van der Waals surface area contributed by atoms with Crippen LogP contribution in [0.15, 0.2) is 120 Å². The van der Waals surface area contributed by atoms with Crippen LogP contribution in [0.25, 0.3) is 16.8 Å². The van der Waals surface area contributed by atoms with Crippen LogP contribution in [0.4, 0.5) is 0 Å². The van der Waals surface area contributed by atoms with Crippen LogP contribution < -0.4 is 20.8 Å². The van der Waals surface area contributed by atoms with Crippen molar-refractivity contribution in [1.29, 1.82) is 0 Å². The molecule has 1 fully saturated rings. The number of amides is 3. The summed E-state index contributed by atoms with van der Waals surface area (Å²) in [6, 6.07) is 34.9. The first kappa shape index (κ1) is 43.1. The minimum absolute atomic E-state index is 0.0324. The zero-order valence-electron chi connectivity index (χ0n) is 35.0. The highest BCUT2D eigenvalue weighted by atomic mass is 35.5. The SMILES string of the molecule is CCNC(=O)C[C@@H]1N=C(c2ccc(Cl)cc2)c2cc(OCC(=O)NCc3cccc(C4CCN(C(=O)c5cccc(-c6cccc(B(O)O)c6)c5)CC4)c3)ccc2-n2c(C)nnc21. The zero-order chi connectivity index (χ0) is 44.0. The lowest BCUT2D eigenvalue weighted by Crippen LogP contribution is -2.38. The van der Waals surface area contributed by atoms with Crippen molar-refractivity contribution in [2.45, 2.75) is 51.6 Å². The highest BCUT2D eigenvalue weighted by molar-refractivity contribution is 6.58. The third-order valence-corrected chi connectivity index (χ3v) is 11.7. The number of nitrogens with one attached hydrogen (secondary N) is 2. The van der Waals surface area contributed by atoms with Crippen LogP contribution in [0.3, 0.4) is 0 Å². The molecule has 0 aliphatic carbocycles. The van der Waals surface area contributed by atoms with Crippen LogP contribution in [0.2, 0.25) is 5.02 Å². The summed E-state index contributed by atoms with van der Waals surface area (Å²) >= 11 is 6.26. The van der Waals surface area contributed by atoms with Crippen molar-refractivity contribution >= 4 is 47.6 Å². The number of aryl methyl sites for hydroxylation is 1. The van der Waals surface area contributed by atoms with Gasteiger partial charge in [-0.05, 0) is 103 Å². The van der Waals surface area contributed by atoms with E-state index in [1.807, 2.05) is 90.0 Å². The number of ether oxygens (including phenoxy) is 1. The average Bonchev–Trinajstić information content (AvgIpc) is 3.63. The quantitative estimate of drug-likeness (QED) is 0.107. The number of fused-ring (bicyclic) bond motifs is 3. The number of likely N-dealkylation sites (tertiary alicyclic amines) is 1. The predicted octanol–water partition coefficient (Wildman–Crippen LogP) is 5.71. The first-order valence-corrected chi connectivity index (χ1v) is 21.4. The van der Waals surface area contributed by atoms with Crippen molar-refractivity contribution in [3.05, 3.63) is 160 Å². The molecule has 0 bridgehead atoms. The number of carbonyl (C=O) groups is 3. The van der Waals surface area contributed by atoms with Gasteiger partial charge in [0.1, 0.15) is 17.6 Å². The molecule has 5 aromatic carbocycles. The molecule has 6 aromatic rings. The topological polar surface area (TPSA) is 171 Å². The van der Waals surface area contributed by atoms with Crippen LogP contribution in [0.5, 0.6) is 5.75 Å². The highest BCUT2D eigenvalue weighted by Crippen LogP contribution is 2.35. The summed E-state index contributed by atoms with van der Waals surface area (Å²) in [5, 5.41) is 34.4. The summed E-state index contributed by atoms with van der Waals surface area (Å²) in [6.07, 6.45) is 1.70. The first-order valence-electron chi connectivity index (χ1n) is 21.1. The maximum absolute atomic E-state index is 13.6. The van der Waals surface area contributed by atoms with E-state index in [0.717, 1.165) is 46.3 Å². The fourth-order valence-corrected chi connectivity index (χ4v) is 8.38. The van der Waals surface area contributed by atoms with Crippen molar-refractivity contribution < 1.29 is 29.2 Å². The molecular formula is C48H47BClN7O6. The molecule has 8 rings (SSSR count). The van der Waals surface area contributed by atoms with E-state index in [2.05, 4.69) is 33.0 Å². The van der Waals surface area contributed by atoms with Crippen molar-refractivity contribution in [1.82, 2.24) is 30.3 Å². The molecule has 15 heteroatoms. The van der Waals surface area contributed by atoms with Gasteiger partial charge in [0, 0.05) is 47.9 Å². The normalized spacial score (nSPS) is 14.8. The largest absolute Gasteiger partial charge is 0.488 e.